The zero-order chi connectivity index (χ0) is 13.8. The molecule has 0 saturated carbocycles. The molecule has 0 radical (unpaired) electrons. The number of aromatic nitrogens is 2. The first-order valence-electron chi connectivity index (χ1n) is 6.93. The summed E-state index contributed by atoms with van der Waals surface area (Å²) >= 11 is 0. The molecule has 0 spiro atoms. The van der Waals surface area contributed by atoms with E-state index in [-0.39, 0.29) is 0 Å². The fourth-order valence-electron chi connectivity index (χ4n) is 1.66. The first-order chi connectivity index (χ1) is 8.28. The Labute approximate surface area is 112 Å². The van der Waals surface area contributed by atoms with Crippen LogP contribution in [0.25, 0.3) is 0 Å². The number of imidazole rings is 1. The molecular weight excluding hydrogens is 240 g/mol. The molecule has 1 rings (SSSR count). The molecule has 1 aromatic rings. The first kappa shape index (κ1) is 15.4. The van der Waals surface area contributed by atoms with Crippen LogP contribution in [0.4, 0.5) is 0 Å². The summed E-state index contributed by atoms with van der Waals surface area (Å²) in [6.07, 6.45) is 4.91. The van der Waals surface area contributed by atoms with Crippen LogP contribution in [0.3, 0.4) is 0 Å². The third-order valence-electron chi connectivity index (χ3n) is 3.98. The Hall–Kier alpha value is -0.613. The molecule has 18 heavy (non-hydrogen) atoms. The monoisotopic (exact) mass is 268 g/mol. The maximum Gasteiger partial charge on any atom is 0.191 e. The Morgan fingerprint density at radius 2 is 2.00 bits per heavy atom. The Balaban J connectivity index is 2.36. The summed E-state index contributed by atoms with van der Waals surface area (Å²) in [4.78, 5) is 7.54. The molecular formula is C14H28N2OSi. The van der Waals surface area contributed by atoms with Gasteiger partial charge in [-0.15, -0.1) is 0 Å². The van der Waals surface area contributed by atoms with Crippen LogP contribution < -0.4 is 0 Å². The Morgan fingerprint density at radius 1 is 1.33 bits per heavy atom. The van der Waals surface area contributed by atoms with E-state index in [1.807, 2.05) is 0 Å². The van der Waals surface area contributed by atoms with E-state index in [2.05, 4.69) is 50.8 Å². The molecule has 0 atom stereocenters. The molecule has 0 aliphatic heterocycles. The number of aromatic amines is 1. The summed E-state index contributed by atoms with van der Waals surface area (Å²) in [6, 6.07) is 0. The second kappa shape index (κ2) is 6.02. The number of H-pyrrole nitrogens is 1. The number of rotatable bonds is 6. The lowest BCUT2D eigenvalue weighted by atomic mass is 10.2. The lowest BCUT2D eigenvalue weighted by Crippen LogP contribution is -2.41. The lowest BCUT2D eigenvalue weighted by molar-refractivity contribution is 0.282. The minimum absolute atomic E-state index is 0.301. The number of nitrogens with zero attached hydrogens (tertiary/aromatic N) is 1. The van der Waals surface area contributed by atoms with Crippen molar-refractivity contribution in [2.75, 3.05) is 6.61 Å². The van der Waals surface area contributed by atoms with E-state index in [0.29, 0.717) is 5.04 Å². The van der Waals surface area contributed by atoms with Gasteiger partial charge in [-0.1, -0.05) is 27.7 Å². The quantitative estimate of drug-likeness (QED) is 0.627. The van der Waals surface area contributed by atoms with Crippen LogP contribution in [0.5, 0.6) is 0 Å². The highest BCUT2D eigenvalue weighted by molar-refractivity contribution is 6.74. The highest BCUT2D eigenvalue weighted by Crippen LogP contribution is 2.36. The molecule has 0 aliphatic carbocycles. The zero-order valence-electron chi connectivity index (χ0n) is 12.8. The number of hydrogen-bond donors (Lipinski definition) is 1. The molecule has 104 valence electrons. The van der Waals surface area contributed by atoms with Gasteiger partial charge < -0.3 is 9.41 Å². The average molecular weight is 268 g/mol. The van der Waals surface area contributed by atoms with Crippen molar-refractivity contribution >= 4 is 8.32 Å². The van der Waals surface area contributed by atoms with Crippen LogP contribution in [-0.4, -0.2) is 24.9 Å². The van der Waals surface area contributed by atoms with Crippen LogP contribution in [-0.2, 0) is 17.3 Å². The van der Waals surface area contributed by atoms with Crippen LogP contribution in [0.15, 0.2) is 6.33 Å². The molecule has 1 N–H and O–H groups in total. The molecule has 1 aromatic heterocycles. The van der Waals surface area contributed by atoms with Gasteiger partial charge in [0.05, 0.1) is 12.0 Å². The van der Waals surface area contributed by atoms with Crippen LogP contribution >= 0.6 is 0 Å². The SMILES string of the molecule is CCc1nc[nH]c1CCCO[Si](C)(C)C(C)(C)C. The molecule has 0 saturated heterocycles. The molecule has 0 aliphatic rings. The summed E-state index contributed by atoms with van der Waals surface area (Å²) in [6.45, 7) is 14.5. The topological polar surface area (TPSA) is 37.9 Å². The lowest BCUT2D eigenvalue weighted by Gasteiger charge is -2.36. The molecule has 0 aromatic carbocycles. The van der Waals surface area contributed by atoms with E-state index in [1.165, 1.54) is 11.4 Å². The fourth-order valence-corrected chi connectivity index (χ4v) is 2.75. The maximum atomic E-state index is 6.17. The Morgan fingerprint density at radius 3 is 2.56 bits per heavy atom. The van der Waals surface area contributed by atoms with Gasteiger partial charge in [0.1, 0.15) is 0 Å². The van der Waals surface area contributed by atoms with Gasteiger partial charge in [-0.05, 0) is 37.4 Å². The molecule has 1 heterocycles. The summed E-state index contributed by atoms with van der Waals surface area (Å²) in [5.74, 6) is 0. The van der Waals surface area contributed by atoms with Crippen molar-refractivity contribution in [3.63, 3.8) is 0 Å². The smallest absolute Gasteiger partial charge is 0.191 e. The Bertz CT molecular complexity index is 366. The van der Waals surface area contributed by atoms with E-state index in [0.717, 1.165) is 25.9 Å². The maximum absolute atomic E-state index is 6.17. The fraction of sp³-hybridized carbons (Fsp3) is 0.786. The minimum Gasteiger partial charge on any atom is -0.417 e. The molecule has 0 amide bonds. The molecule has 0 unspecified atom stereocenters. The van der Waals surface area contributed by atoms with Gasteiger partial charge in [0.2, 0.25) is 0 Å². The van der Waals surface area contributed by atoms with E-state index in [4.69, 9.17) is 4.43 Å². The van der Waals surface area contributed by atoms with Gasteiger partial charge in [0.25, 0.3) is 0 Å². The summed E-state index contributed by atoms with van der Waals surface area (Å²) in [5, 5.41) is 0.301. The van der Waals surface area contributed by atoms with Gasteiger partial charge in [0, 0.05) is 12.3 Å². The Kier molecular flexibility index (Phi) is 5.17. The number of aryl methyl sites for hydroxylation is 2. The molecule has 3 nitrogen and oxygen atoms in total. The second-order valence-corrected chi connectivity index (χ2v) is 11.2. The van der Waals surface area contributed by atoms with Crippen molar-refractivity contribution < 1.29 is 4.43 Å². The molecule has 0 fully saturated rings. The zero-order valence-corrected chi connectivity index (χ0v) is 13.8. The van der Waals surface area contributed by atoms with Crippen LogP contribution in [0.1, 0.15) is 45.5 Å². The highest BCUT2D eigenvalue weighted by atomic mass is 28.4. The van der Waals surface area contributed by atoms with Crippen molar-refractivity contribution in [3.05, 3.63) is 17.7 Å². The van der Waals surface area contributed by atoms with Crippen molar-refractivity contribution in [1.29, 1.82) is 0 Å². The number of nitrogens with one attached hydrogen (secondary N) is 1. The van der Waals surface area contributed by atoms with Gasteiger partial charge in [-0.3, -0.25) is 0 Å². The van der Waals surface area contributed by atoms with Crippen molar-refractivity contribution in [2.45, 2.75) is 65.1 Å². The highest BCUT2D eigenvalue weighted by Gasteiger charge is 2.36. The van der Waals surface area contributed by atoms with Crippen molar-refractivity contribution in [3.8, 4) is 0 Å². The standard InChI is InChI=1S/C14H28N2OSi/c1-7-12-13(16-11-15-12)9-8-10-17-18(5,6)14(2,3)4/h11H,7-10H2,1-6H3,(H,15,16). The third kappa shape index (κ3) is 3.95. The molecule has 4 heteroatoms. The van der Waals surface area contributed by atoms with Crippen molar-refractivity contribution in [2.24, 2.45) is 0 Å². The van der Waals surface area contributed by atoms with Gasteiger partial charge in [-0.25, -0.2) is 4.98 Å². The van der Waals surface area contributed by atoms with Crippen LogP contribution in [0.2, 0.25) is 18.1 Å². The predicted molar refractivity (Wildman–Crippen MR) is 79.4 cm³/mol. The van der Waals surface area contributed by atoms with E-state index in [9.17, 15) is 0 Å². The molecule has 0 bridgehead atoms. The van der Waals surface area contributed by atoms with Crippen LogP contribution in [0, 0.1) is 0 Å². The summed E-state index contributed by atoms with van der Waals surface area (Å²) < 4.78 is 6.17. The largest absolute Gasteiger partial charge is 0.417 e. The van der Waals surface area contributed by atoms with E-state index < -0.39 is 8.32 Å². The average Bonchev–Trinajstić information content (AvgIpc) is 2.70. The van der Waals surface area contributed by atoms with E-state index >= 15 is 0 Å². The van der Waals surface area contributed by atoms with Gasteiger partial charge >= 0.3 is 0 Å². The number of hydrogen-bond acceptors (Lipinski definition) is 2. The third-order valence-corrected chi connectivity index (χ3v) is 8.52. The predicted octanol–water partition coefficient (Wildman–Crippen LogP) is 3.93. The first-order valence-corrected chi connectivity index (χ1v) is 9.84. The van der Waals surface area contributed by atoms with Gasteiger partial charge in [0.15, 0.2) is 8.32 Å². The normalized spacial score (nSPS) is 13.0. The summed E-state index contributed by atoms with van der Waals surface area (Å²) in [5.41, 5.74) is 2.47. The van der Waals surface area contributed by atoms with Crippen molar-refractivity contribution in [1.82, 2.24) is 9.97 Å². The second-order valence-electron chi connectivity index (χ2n) is 6.39. The minimum atomic E-state index is -1.57. The van der Waals surface area contributed by atoms with Gasteiger partial charge in [-0.2, -0.15) is 0 Å². The summed E-state index contributed by atoms with van der Waals surface area (Å²) in [7, 11) is -1.57. The van der Waals surface area contributed by atoms with E-state index in [1.54, 1.807) is 6.33 Å².